The molecule has 1 N–H and O–H groups in total. The van der Waals surface area contributed by atoms with Crippen molar-refractivity contribution in [3.63, 3.8) is 0 Å². The molecule has 1 saturated carbocycles. The molecular formula is C16H22O4. The van der Waals surface area contributed by atoms with E-state index in [1.165, 1.54) is 0 Å². The molecule has 1 aliphatic carbocycles. The minimum atomic E-state index is -0.926. The molecule has 0 unspecified atom stereocenters. The summed E-state index contributed by atoms with van der Waals surface area (Å²) >= 11 is 0. The van der Waals surface area contributed by atoms with Crippen molar-refractivity contribution in [3.8, 4) is 11.5 Å². The summed E-state index contributed by atoms with van der Waals surface area (Å²) in [7, 11) is 0. The SMILES string of the molecule is CCOc1ccc(C2(O)CCC(=O)CC2)cc1OCC. The van der Waals surface area contributed by atoms with Crippen molar-refractivity contribution < 1.29 is 19.4 Å². The number of hydrogen-bond donors (Lipinski definition) is 1. The summed E-state index contributed by atoms with van der Waals surface area (Å²) < 4.78 is 11.1. The molecule has 1 aliphatic rings. The minimum absolute atomic E-state index is 0.227. The molecule has 0 bridgehead atoms. The van der Waals surface area contributed by atoms with Crippen LogP contribution in [0.5, 0.6) is 11.5 Å². The van der Waals surface area contributed by atoms with Crippen LogP contribution in [0.2, 0.25) is 0 Å². The summed E-state index contributed by atoms with van der Waals surface area (Å²) in [6, 6.07) is 5.53. The molecule has 0 aromatic heterocycles. The summed E-state index contributed by atoms with van der Waals surface area (Å²) in [5.74, 6) is 1.57. The van der Waals surface area contributed by atoms with Crippen molar-refractivity contribution in [2.24, 2.45) is 0 Å². The predicted octanol–water partition coefficient (Wildman–Crippen LogP) is 2.81. The van der Waals surface area contributed by atoms with Gasteiger partial charge in [-0.3, -0.25) is 4.79 Å². The lowest BCUT2D eigenvalue weighted by Gasteiger charge is -2.32. The molecule has 4 heteroatoms. The highest BCUT2D eigenvalue weighted by molar-refractivity contribution is 5.79. The number of benzene rings is 1. The maximum absolute atomic E-state index is 11.3. The van der Waals surface area contributed by atoms with Crippen LogP contribution < -0.4 is 9.47 Å². The van der Waals surface area contributed by atoms with E-state index in [-0.39, 0.29) is 5.78 Å². The highest BCUT2D eigenvalue weighted by Crippen LogP contribution is 2.39. The van der Waals surface area contributed by atoms with Crippen molar-refractivity contribution in [2.45, 2.75) is 45.1 Å². The van der Waals surface area contributed by atoms with Gasteiger partial charge in [0.25, 0.3) is 0 Å². The first-order chi connectivity index (χ1) is 9.59. The number of hydrogen-bond acceptors (Lipinski definition) is 4. The predicted molar refractivity (Wildman–Crippen MR) is 76.2 cm³/mol. The number of carbonyl (C=O) groups is 1. The zero-order chi connectivity index (χ0) is 14.6. The Morgan fingerprint density at radius 1 is 1.10 bits per heavy atom. The summed E-state index contributed by atoms with van der Waals surface area (Å²) in [6.07, 6.45) is 1.83. The molecule has 1 fully saturated rings. The lowest BCUT2D eigenvalue weighted by Crippen LogP contribution is -2.31. The van der Waals surface area contributed by atoms with Crippen LogP contribution in [0.3, 0.4) is 0 Å². The van der Waals surface area contributed by atoms with Crippen LogP contribution >= 0.6 is 0 Å². The topological polar surface area (TPSA) is 55.8 Å². The molecule has 110 valence electrons. The first-order valence-electron chi connectivity index (χ1n) is 7.23. The number of carbonyl (C=O) groups excluding carboxylic acids is 1. The Kier molecular flexibility index (Phi) is 4.65. The van der Waals surface area contributed by atoms with Gasteiger partial charge >= 0.3 is 0 Å². The second-order valence-electron chi connectivity index (χ2n) is 5.10. The Hall–Kier alpha value is -1.55. The maximum Gasteiger partial charge on any atom is 0.161 e. The maximum atomic E-state index is 11.3. The van der Waals surface area contributed by atoms with E-state index >= 15 is 0 Å². The van der Waals surface area contributed by atoms with E-state index in [1.807, 2.05) is 32.0 Å². The fourth-order valence-electron chi connectivity index (χ4n) is 2.57. The number of ketones is 1. The van der Waals surface area contributed by atoms with Crippen molar-refractivity contribution in [2.75, 3.05) is 13.2 Å². The summed E-state index contributed by atoms with van der Waals surface area (Å²) in [5.41, 5.74) is -0.123. The van der Waals surface area contributed by atoms with Crippen LogP contribution in [0.25, 0.3) is 0 Å². The molecule has 0 radical (unpaired) electrons. The molecule has 0 spiro atoms. The Bertz CT molecular complexity index is 471. The lowest BCUT2D eigenvalue weighted by atomic mass is 9.79. The van der Waals surface area contributed by atoms with Gasteiger partial charge in [0.1, 0.15) is 5.78 Å². The van der Waals surface area contributed by atoms with E-state index in [1.54, 1.807) is 0 Å². The van der Waals surface area contributed by atoms with E-state index in [0.717, 1.165) is 5.56 Å². The second-order valence-corrected chi connectivity index (χ2v) is 5.10. The summed E-state index contributed by atoms with van der Waals surface area (Å²) in [4.78, 5) is 11.3. The first-order valence-corrected chi connectivity index (χ1v) is 7.23. The van der Waals surface area contributed by atoms with Crippen LogP contribution in [-0.4, -0.2) is 24.1 Å². The van der Waals surface area contributed by atoms with Crippen LogP contribution in [0.1, 0.15) is 45.1 Å². The van der Waals surface area contributed by atoms with Gasteiger partial charge in [-0.15, -0.1) is 0 Å². The molecule has 0 saturated heterocycles. The van der Waals surface area contributed by atoms with Gasteiger partial charge in [-0.25, -0.2) is 0 Å². The largest absolute Gasteiger partial charge is 0.490 e. The number of aliphatic hydroxyl groups is 1. The third-order valence-corrected chi connectivity index (χ3v) is 3.72. The van der Waals surface area contributed by atoms with Gasteiger partial charge in [0.15, 0.2) is 11.5 Å². The highest BCUT2D eigenvalue weighted by atomic mass is 16.5. The van der Waals surface area contributed by atoms with Crippen molar-refractivity contribution >= 4 is 5.78 Å². The molecule has 0 atom stereocenters. The number of Topliss-reactive ketones (excluding diaryl/α,β-unsaturated/α-hetero) is 1. The van der Waals surface area contributed by atoms with E-state index in [2.05, 4.69) is 0 Å². The quantitative estimate of drug-likeness (QED) is 0.899. The van der Waals surface area contributed by atoms with Gasteiger partial charge in [0, 0.05) is 12.8 Å². The van der Waals surface area contributed by atoms with Crippen molar-refractivity contribution in [1.29, 1.82) is 0 Å². The van der Waals surface area contributed by atoms with Crippen LogP contribution in [0, 0.1) is 0 Å². The van der Waals surface area contributed by atoms with Gasteiger partial charge in [-0.05, 0) is 44.4 Å². The van der Waals surface area contributed by atoms with Crippen molar-refractivity contribution in [3.05, 3.63) is 23.8 Å². The minimum Gasteiger partial charge on any atom is -0.490 e. The molecule has 2 rings (SSSR count). The zero-order valence-electron chi connectivity index (χ0n) is 12.1. The molecule has 0 heterocycles. The number of rotatable bonds is 5. The third-order valence-electron chi connectivity index (χ3n) is 3.72. The highest BCUT2D eigenvalue weighted by Gasteiger charge is 2.34. The standard InChI is InChI=1S/C16H22O4/c1-3-19-14-6-5-12(11-15(14)20-4-2)16(18)9-7-13(17)8-10-16/h5-6,11,18H,3-4,7-10H2,1-2H3. The Morgan fingerprint density at radius 2 is 1.70 bits per heavy atom. The molecular weight excluding hydrogens is 256 g/mol. The van der Waals surface area contributed by atoms with Crippen molar-refractivity contribution in [1.82, 2.24) is 0 Å². The molecule has 1 aromatic carbocycles. The molecule has 20 heavy (non-hydrogen) atoms. The van der Waals surface area contributed by atoms with Crippen LogP contribution in [0.15, 0.2) is 18.2 Å². The average Bonchev–Trinajstić information content (AvgIpc) is 2.45. The van der Waals surface area contributed by atoms with E-state index in [4.69, 9.17) is 9.47 Å². The third kappa shape index (κ3) is 3.12. The zero-order valence-corrected chi connectivity index (χ0v) is 12.1. The molecule has 0 aliphatic heterocycles. The normalized spacial score (nSPS) is 17.9. The Balaban J connectivity index is 2.27. The van der Waals surface area contributed by atoms with Crippen LogP contribution in [-0.2, 0) is 10.4 Å². The van der Waals surface area contributed by atoms with Gasteiger partial charge in [-0.2, -0.15) is 0 Å². The molecule has 1 aromatic rings. The van der Waals surface area contributed by atoms with Gasteiger partial charge in [-0.1, -0.05) is 6.07 Å². The number of ether oxygens (including phenoxy) is 2. The van der Waals surface area contributed by atoms with Gasteiger partial charge in [0.05, 0.1) is 18.8 Å². The Labute approximate surface area is 119 Å². The monoisotopic (exact) mass is 278 g/mol. The Morgan fingerprint density at radius 3 is 2.30 bits per heavy atom. The average molecular weight is 278 g/mol. The summed E-state index contributed by atoms with van der Waals surface area (Å²) in [6.45, 7) is 4.94. The van der Waals surface area contributed by atoms with Gasteiger partial charge < -0.3 is 14.6 Å². The van der Waals surface area contributed by atoms with E-state index in [0.29, 0.717) is 50.4 Å². The fraction of sp³-hybridized carbons (Fsp3) is 0.562. The van der Waals surface area contributed by atoms with Crippen LogP contribution in [0.4, 0.5) is 0 Å². The van der Waals surface area contributed by atoms with E-state index < -0.39 is 5.60 Å². The van der Waals surface area contributed by atoms with E-state index in [9.17, 15) is 9.90 Å². The first kappa shape index (κ1) is 14.9. The molecule has 4 nitrogen and oxygen atoms in total. The fourth-order valence-corrected chi connectivity index (χ4v) is 2.57. The van der Waals surface area contributed by atoms with Gasteiger partial charge in [0.2, 0.25) is 0 Å². The smallest absolute Gasteiger partial charge is 0.161 e. The second kappa shape index (κ2) is 6.27. The lowest BCUT2D eigenvalue weighted by molar-refractivity contribution is -0.125. The molecule has 0 amide bonds. The summed E-state index contributed by atoms with van der Waals surface area (Å²) in [5, 5.41) is 10.7.